The SMILES string of the molecule is CCOC(=O)c1nc(CN2CCCC2)n(-c2ccc(S(N)(=O)=O)cc2)n1. The summed E-state index contributed by atoms with van der Waals surface area (Å²) in [6.45, 7) is 4.42. The van der Waals surface area contributed by atoms with Crippen LogP contribution < -0.4 is 5.14 Å². The van der Waals surface area contributed by atoms with E-state index < -0.39 is 16.0 Å². The van der Waals surface area contributed by atoms with Crippen LogP contribution in [0.5, 0.6) is 0 Å². The van der Waals surface area contributed by atoms with Crippen molar-refractivity contribution in [1.82, 2.24) is 19.7 Å². The maximum Gasteiger partial charge on any atom is 0.378 e. The van der Waals surface area contributed by atoms with Gasteiger partial charge in [-0.2, -0.15) is 0 Å². The molecule has 0 aliphatic carbocycles. The number of sulfonamides is 1. The van der Waals surface area contributed by atoms with Crippen LogP contribution in [-0.4, -0.2) is 53.7 Å². The van der Waals surface area contributed by atoms with Crippen LogP contribution in [-0.2, 0) is 21.3 Å². The van der Waals surface area contributed by atoms with Crippen LogP contribution in [0.2, 0.25) is 0 Å². The molecular weight excluding hydrogens is 358 g/mol. The van der Waals surface area contributed by atoms with Crippen LogP contribution in [0.15, 0.2) is 29.2 Å². The minimum Gasteiger partial charge on any atom is -0.460 e. The number of nitrogens with two attached hydrogens (primary N) is 1. The molecule has 140 valence electrons. The van der Waals surface area contributed by atoms with E-state index >= 15 is 0 Å². The predicted molar refractivity (Wildman–Crippen MR) is 93.2 cm³/mol. The number of primary sulfonamides is 1. The summed E-state index contributed by atoms with van der Waals surface area (Å²) >= 11 is 0. The molecule has 3 rings (SSSR count). The number of carbonyl (C=O) groups excluding carboxylic acids is 1. The Kier molecular flexibility index (Phi) is 5.35. The molecule has 1 saturated heterocycles. The number of rotatable bonds is 6. The number of benzene rings is 1. The zero-order valence-electron chi connectivity index (χ0n) is 14.5. The Hall–Kier alpha value is -2.30. The Bertz CT molecular complexity index is 886. The molecule has 0 atom stereocenters. The predicted octanol–water partition coefficient (Wildman–Crippen LogP) is 0.687. The minimum absolute atomic E-state index is 0.00748. The van der Waals surface area contributed by atoms with E-state index in [1.807, 2.05) is 0 Å². The van der Waals surface area contributed by atoms with Gasteiger partial charge in [0.25, 0.3) is 5.82 Å². The zero-order chi connectivity index (χ0) is 18.7. The van der Waals surface area contributed by atoms with E-state index in [4.69, 9.17) is 9.88 Å². The monoisotopic (exact) mass is 379 g/mol. The quantitative estimate of drug-likeness (QED) is 0.733. The number of hydrogen-bond acceptors (Lipinski definition) is 7. The summed E-state index contributed by atoms with van der Waals surface area (Å²) in [5, 5.41) is 9.39. The van der Waals surface area contributed by atoms with E-state index in [0.29, 0.717) is 18.1 Å². The second-order valence-corrected chi connectivity index (χ2v) is 7.57. The molecule has 1 aromatic heterocycles. The Morgan fingerprint density at radius 3 is 2.46 bits per heavy atom. The lowest BCUT2D eigenvalue weighted by Gasteiger charge is -2.14. The molecule has 1 aromatic carbocycles. The summed E-state index contributed by atoms with van der Waals surface area (Å²) < 4.78 is 29.4. The van der Waals surface area contributed by atoms with Crippen molar-refractivity contribution in [2.24, 2.45) is 5.14 Å². The normalized spacial score (nSPS) is 15.3. The zero-order valence-corrected chi connectivity index (χ0v) is 15.3. The van der Waals surface area contributed by atoms with Crippen LogP contribution in [0, 0.1) is 0 Å². The molecule has 9 nitrogen and oxygen atoms in total. The fourth-order valence-corrected chi connectivity index (χ4v) is 3.37. The van der Waals surface area contributed by atoms with Crippen LogP contribution in [0.25, 0.3) is 5.69 Å². The number of carbonyl (C=O) groups is 1. The smallest absolute Gasteiger partial charge is 0.378 e. The molecule has 2 N–H and O–H groups in total. The van der Waals surface area contributed by atoms with Crippen molar-refractivity contribution in [2.75, 3.05) is 19.7 Å². The summed E-state index contributed by atoms with van der Waals surface area (Å²) in [6, 6.07) is 5.96. The third kappa shape index (κ3) is 4.09. The van der Waals surface area contributed by atoms with E-state index in [2.05, 4.69) is 15.0 Å². The highest BCUT2D eigenvalue weighted by molar-refractivity contribution is 7.89. The van der Waals surface area contributed by atoms with Gasteiger partial charge in [-0.15, -0.1) is 5.10 Å². The highest BCUT2D eigenvalue weighted by Gasteiger charge is 2.22. The summed E-state index contributed by atoms with van der Waals surface area (Å²) in [5.74, 6) is -0.00930. The molecule has 0 unspecified atom stereocenters. The van der Waals surface area contributed by atoms with Crippen LogP contribution >= 0.6 is 0 Å². The lowest BCUT2D eigenvalue weighted by atomic mass is 10.3. The van der Waals surface area contributed by atoms with Gasteiger partial charge in [0.1, 0.15) is 5.82 Å². The van der Waals surface area contributed by atoms with Crippen molar-refractivity contribution in [3.05, 3.63) is 35.9 Å². The van der Waals surface area contributed by atoms with Crippen molar-refractivity contribution in [3.63, 3.8) is 0 Å². The van der Waals surface area contributed by atoms with Crippen molar-refractivity contribution in [3.8, 4) is 5.69 Å². The van der Waals surface area contributed by atoms with E-state index in [-0.39, 0.29) is 17.3 Å². The second-order valence-electron chi connectivity index (χ2n) is 6.01. The maximum absolute atomic E-state index is 12.0. The summed E-state index contributed by atoms with van der Waals surface area (Å²) in [4.78, 5) is 18.6. The lowest BCUT2D eigenvalue weighted by molar-refractivity contribution is 0.0512. The maximum atomic E-state index is 12.0. The van der Waals surface area contributed by atoms with Gasteiger partial charge < -0.3 is 4.74 Å². The van der Waals surface area contributed by atoms with E-state index in [1.165, 1.54) is 16.8 Å². The molecular formula is C16H21N5O4S. The van der Waals surface area contributed by atoms with Gasteiger partial charge in [-0.3, -0.25) is 4.90 Å². The molecule has 0 spiro atoms. The lowest BCUT2D eigenvalue weighted by Crippen LogP contribution is -2.21. The first kappa shape index (κ1) is 18.5. The molecule has 0 radical (unpaired) electrons. The summed E-state index contributed by atoms with van der Waals surface area (Å²) in [7, 11) is -3.77. The highest BCUT2D eigenvalue weighted by Crippen LogP contribution is 2.17. The molecule has 1 aliphatic rings. The molecule has 1 fully saturated rings. The van der Waals surface area contributed by atoms with Crippen molar-refractivity contribution in [1.29, 1.82) is 0 Å². The molecule has 2 heterocycles. The molecule has 1 aliphatic heterocycles. The van der Waals surface area contributed by atoms with Gasteiger partial charge in [-0.1, -0.05) is 0 Å². The Labute approximate surface area is 151 Å². The number of esters is 1. The Balaban J connectivity index is 1.96. The number of ether oxygens (including phenoxy) is 1. The second kappa shape index (κ2) is 7.52. The fourth-order valence-electron chi connectivity index (χ4n) is 2.85. The third-order valence-electron chi connectivity index (χ3n) is 4.11. The molecule has 0 saturated carbocycles. The first-order chi connectivity index (χ1) is 12.4. The number of likely N-dealkylation sites (tertiary alicyclic amines) is 1. The molecule has 26 heavy (non-hydrogen) atoms. The largest absolute Gasteiger partial charge is 0.460 e. The van der Waals surface area contributed by atoms with Crippen LogP contribution in [0.3, 0.4) is 0 Å². The van der Waals surface area contributed by atoms with Crippen molar-refractivity contribution >= 4 is 16.0 Å². The average molecular weight is 379 g/mol. The number of hydrogen-bond donors (Lipinski definition) is 1. The Morgan fingerprint density at radius 1 is 1.23 bits per heavy atom. The van der Waals surface area contributed by atoms with Gasteiger partial charge in [-0.05, 0) is 57.1 Å². The van der Waals surface area contributed by atoms with Gasteiger partial charge in [0.2, 0.25) is 10.0 Å². The third-order valence-corrected chi connectivity index (χ3v) is 5.03. The van der Waals surface area contributed by atoms with E-state index in [0.717, 1.165) is 25.9 Å². The van der Waals surface area contributed by atoms with E-state index in [1.54, 1.807) is 19.1 Å². The Morgan fingerprint density at radius 2 is 1.88 bits per heavy atom. The topological polar surface area (TPSA) is 120 Å². The van der Waals surface area contributed by atoms with Crippen LogP contribution in [0.4, 0.5) is 0 Å². The molecule has 0 bridgehead atoms. The van der Waals surface area contributed by atoms with Gasteiger partial charge in [-0.25, -0.2) is 28.0 Å². The first-order valence-electron chi connectivity index (χ1n) is 8.37. The summed E-state index contributed by atoms with van der Waals surface area (Å²) in [6.07, 6.45) is 2.25. The molecule has 2 aromatic rings. The first-order valence-corrected chi connectivity index (χ1v) is 9.92. The summed E-state index contributed by atoms with van der Waals surface area (Å²) in [5.41, 5.74) is 0.592. The number of aromatic nitrogens is 3. The van der Waals surface area contributed by atoms with Crippen molar-refractivity contribution in [2.45, 2.75) is 31.2 Å². The fraction of sp³-hybridized carbons (Fsp3) is 0.438. The molecule has 10 heteroatoms. The average Bonchev–Trinajstić information content (AvgIpc) is 3.25. The van der Waals surface area contributed by atoms with E-state index in [9.17, 15) is 13.2 Å². The molecule has 0 amide bonds. The van der Waals surface area contributed by atoms with Crippen molar-refractivity contribution < 1.29 is 17.9 Å². The van der Waals surface area contributed by atoms with Gasteiger partial charge in [0, 0.05) is 0 Å². The standard InChI is InChI=1S/C16H21N5O4S/c1-2-25-16(22)15-18-14(11-20-9-3-4-10-20)21(19-15)12-5-7-13(8-6-12)26(17,23)24/h5-8H,2-4,9-11H2,1H3,(H2,17,23,24). The van der Waals surface area contributed by atoms with Gasteiger partial charge in [0.15, 0.2) is 0 Å². The van der Waals surface area contributed by atoms with Crippen LogP contribution in [0.1, 0.15) is 36.2 Å². The minimum atomic E-state index is -3.77. The highest BCUT2D eigenvalue weighted by atomic mass is 32.2. The number of nitrogens with zero attached hydrogens (tertiary/aromatic N) is 4. The van der Waals surface area contributed by atoms with Gasteiger partial charge in [0.05, 0.1) is 23.7 Å². The van der Waals surface area contributed by atoms with Gasteiger partial charge >= 0.3 is 5.97 Å².